The molecule has 1 aromatic carbocycles. The van der Waals surface area contributed by atoms with E-state index in [1.54, 1.807) is 0 Å². The zero-order chi connectivity index (χ0) is 8.39. The van der Waals surface area contributed by atoms with Gasteiger partial charge in [0.05, 0.1) is 6.20 Å². The van der Waals surface area contributed by atoms with Gasteiger partial charge in [0.25, 0.3) is 0 Å². The minimum Gasteiger partial charge on any atom is -0.344 e. The Balaban J connectivity index is 0.000000845. The van der Waals surface area contributed by atoms with Gasteiger partial charge in [-0.15, -0.1) is 0 Å². The summed E-state index contributed by atoms with van der Waals surface area (Å²) in [6.07, 6.45) is 3.88. The van der Waals surface area contributed by atoms with E-state index in [0.29, 0.717) is 0 Å². The molecule has 0 radical (unpaired) electrons. The number of rotatable bonds is 1. The fourth-order valence-electron chi connectivity index (χ4n) is 1.20. The third kappa shape index (κ3) is 1.95. The molecule has 0 aliphatic rings. The average Bonchev–Trinajstić information content (AvgIpc) is 2.54. The van der Waals surface area contributed by atoms with Gasteiger partial charge in [-0.1, -0.05) is 30.3 Å². The summed E-state index contributed by atoms with van der Waals surface area (Å²) < 4.78 is 1.81. The highest BCUT2D eigenvalue weighted by molar-refractivity contribution is 5.61. The van der Waals surface area contributed by atoms with Crippen molar-refractivity contribution in [1.82, 2.24) is 15.9 Å². The van der Waals surface area contributed by atoms with Crippen LogP contribution in [0.15, 0.2) is 42.7 Å². The molecule has 0 saturated heterocycles. The fraction of sp³-hybridized carbons (Fsp3) is 0.100. The second kappa shape index (κ2) is 3.87. The predicted molar refractivity (Wildman–Crippen MR) is 53.7 cm³/mol. The highest BCUT2D eigenvalue weighted by Crippen LogP contribution is 2.16. The maximum absolute atomic E-state index is 4.11. The largest absolute Gasteiger partial charge is 0.344 e. The molecule has 1 heterocycles. The number of hydrogen-bond acceptors (Lipinski definition) is 2. The molecule has 2 aromatic rings. The van der Waals surface area contributed by atoms with Gasteiger partial charge in [-0.05, 0) is 5.56 Å². The van der Waals surface area contributed by atoms with Crippen LogP contribution >= 0.6 is 0 Å². The second-order valence-electron chi connectivity index (χ2n) is 2.77. The van der Waals surface area contributed by atoms with Crippen molar-refractivity contribution in [3.63, 3.8) is 0 Å². The van der Waals surface area contributed by atoms with Crippen LogP contribution in [-0.4, -0.2) is 9.78 Å². The summed E-state index contributed by atoms with van der Waals surface area (Å²) >= 11 is 0. The van der Waals surface area contributed by atoms with Crippen molar-refractivity contribution in [2.24, 2.45) is 7.05 Å². The highest BCUT2D eigenvalue weighted by atomic mass is 15.2. The van der Waals surface area contributed by atoms with Crippen LogP contribution in [0.3, 0.4) is 0 Å². The number of benzene rings is 1. The molecule has 0 saturated carbocycles. The molecule has 13 heavy (non-hydrogen) atoms. The number of nitrogens with zero attached hydrogens (tertiary/aromatic N) is 2. The standard InChI is InChI=1S/C10H10N2.H3N/c1-12-8-10(7-11-12)9-5-3-2-4-6-9;/h2-8H,1H3;1H3. The van der Waals surface area contributed by atoms with Gasteiger partial charge in [-0.3, -0.25) is 4.68 Å². The third-order valence-corrected chi connectivity index (χ3v) is 1.81. The lowest BCUT2D eigenvalue weighted by atomic mass is 10.1. The Hall–Kier alpha value is -1.61. The summed E-state index contributed by atoms with van der Waals surface area (Å²) in [6, 6.07) is 10.2. The normalized spacial score (nSPS) is 9.31. The van der Waals surface area contributed by atoms with Gasteiger partial charge in [0.15, 0.2) is 0 Å². The summed E-state index contributed by atoms with van der Waals surface area (Å²) in [6.45, 7) is 0. The summed E-state index contributed by atoms with van der Waals surface area (Å²) in [5, 5.41) is 4.11. The smallest absolute Gasteiger partial charge is 0.0568 e. The molecule has 0 aliphatic heterocycles. The molecule has 3 nitrogen and oxygen atoms in total. The minimum atomic E-state index is 0. The van der Waals surface area contributed by atoms with E-state index in [0.717, 1.165) is 5.56 Å². The topological polar surface area (TPSA) is 52.8 Å². The number of hydrogen-bond donors (Lipinski definition) is 1. The Morgan fingerprint density at radius 3 is 2.31 bits per heavy atom. The molecule has 0 fully saturated rings. The molecule has 0 amide bonds. The Bertz CT molecular complexity index is 365. The first-order chi connectivity index (χ1) is 5.86. The van der Waals surface area contributed by atoms with Crippen LogP contribution in [0.1, 0.15) is 0 Å². The van der Waals surface area contributed by atoms with E-state index in [-0.39, 0.29) is 6.15 Å². The van der Waals surface area contributed by atoms with Crippen LogP contribution in [-0.2, 0) is 7.05 Å². The zero-order valence-electron chi connectivity index (χ0n) is 7.64. The summed E-state index contributed by atoms with van der Waals surface area (Å²) in [5.41, 5.74) is 2.38. The van der Waals surface area contributed by atoms with Gasteiger partial charge in [0, 0.05) is 18.8 Å². The van der Waals surface area contributed by atoms with Crippen molar-refractivity contribution in [3.8, 4) is 11.1 Å². The lowest BCUT2D eigenvalue weighted by Gasteiger charge is -1.93. The number of aryl methyl sites for hydroxylation is 1. The minimum absolute atomic E-state index is 0. The van der Waals surface area contributed by atoms with Crippen LogP contribution in [0, 0.1) is 0 Å². The molecule has 2 rings (SSSR count). The molecule has 3 heteroatoms. The zero-order valence-corrected chi connectivity index (χ0v) is 7.64. The van der Waals surface area contributed by atoms with Crippen molar-refractivity contribution >= 4 is 0 Å². The lowest BCUT2D eigenvalue weighted by Crippen LogP contribution is -1.83. The molecular weight excluding hydrogens is 162 g/mol. The van der Waals surface area contributed by atoms with Crippen LogP contribution in [0.4, 0.5) is 0 Å². The van der Waals surface area contributed by atoms with E-state index >= 15 is 0 Å². The molecule has 0 atom stereocenters. The summed E-state index contributed by atoms with van der Waals surface area (Å²) in [4.78, 5) is 0. The summed E-state index contributed by atoms with van der Waals surface area (Å²) in [5.74, 6) is 0. The van der Waals surface area contributed by atoms with Crippen molar-refractivity contribution in [2.75, 3.05) is 0 Å². The predicted octanol–water partition coefficient (Wildman–Crippen LogP) is 2.25. The van der Waals surface area contributed by atoms with Gasteiger partial charge < -0.3 is 6.15 Å². The van der Waals surface area contributed by atoms with Gasteiger partial charge in [-0.25, -0.2) is 0 Å². The first-order valence-electron chi connectivity index (χ1n) is 3.90. The first-order valence-corrected chi connectivity index (χ1v) is 3.90. The van der Waals surface area contributed by atoms with E-state index in [1.807, 2.05) is 42.3 Å². The van der Waals surface area contributed by atoms with Crippen LogP contribution in [0.25, 0.3) is 11.1 Å². The van der Waals surface area contributed by atoms with Crippen molar-refractivity contribution in [3.05, 3.63) is 42.7 Å². The van der Waals surface area contributed by atoms with Gasteiger partial charge in [-0.2, -0.15) is 5.10 Å². The van der Waals surface area contributed by atoms with Gasteiger partial charge in [0.2, 0.25) is 0 Å². The maximum atomic E-state index is 4.11. The second-order valence-corrected chi connectivity index (χ2v) is 2.77. The molecular formula is C10H13N3. The highest BCUT2D eigenvalue weighted by Gasteiger charge is 1.96. The van der Waals surface area contributed by atoms with E-state index in [1.165, 1.54) is 5.56 Å². The van der Waals surface area contributed by atoms with Gasteiger partial charge >= 0.3 is 0 Å². The third-order valence-electron chi connectivity index (χ3n) is 1.81. The van der Waals surface area contributed by atoms with Crippen LogP contribution in [0.5, 0.6) is 0 Å². The maximum Gasteiger partial charge on any atom is 0.0568 e. The Morgan fingerprint density at radius 2 is 1.77 bits per heavy atom. The van der Waals surface area contributed by atoms with Crippen LogP contribution in [0.2, 0.25) is 0 Å². The van der Waals surface area contributed by atoms with E-state index in [9.17, 15) is 0 Å². The monoisotopic (exact) mass is 175 g/mol. The molecule has 3 N–H and O–H groups in total. The van der Waals surface area contributed by atoms with Crippen LogP contribution < -0.4 is 6.15 Å². The van der Waals surface area contributed by atoms with E-state index in [2.05, 4.69) is 17.2 Å². The van der Waals surface area contributed by atoms with Crippen molar-refractivity contribution in [2.45, 2.75) is 0 Å². The molecule has 0 unspecified atom stereocenters. The number of aromatic nitrogens is 2. The van der Waals surface area contributed by atoms with E-state index < -0.39 is 0 Å². The lowest BCUT2D eigenvalue weighted by molar-refractivity contribution is 0.768. The Labute approximate surface area is 77.6 Å². The first kappa shape index (κ1) is 9.48. The average molecular weight is 175 g/mol. The summed E-state index contributed by atoms with van der Waals surface area (Å²) in [7, 11) is 1.92. The molecule has 0 aliphatic carbocycles. The quantitative estimate of drug-likeness (QED) is 0.722. The van der Waals surface area contributed by atoms with E-state index in [4.69, 9.17) is 0 Å². The molecule has 0 bridgehead atoms. The van der Waals surface area contributed by atoms with Gasteiger partial charge in [0.1, 0.15) is 0 Å². The SMILES string of the molecule is Cn1cc(-c2ccccc2)cn1.N. The van der Waals surface area contributed by atoms with Crippen molar-refractivity contribution < 1.29 is 0 Å². The Kier molecular flexibility index (Phi) is 2.82. The van der Waals surface area contributed by atoms with Crippen molar-refractivity contribution in [1.29, 1.82) is 0 Å². The molecule has 68 valence electrons. The molecule has 1 aromatic heterocycles. The Morgan fingerprint density at radius 1 is 1.08 bits per heavy atom. The molecule has 0 spiro atoms. The fourth-order valence-corrected chi connectivity index (χ4v) is 1.20.